The van der Waals surface area contributed by atoms with E-state index in [9.17, 15) is 14.4 Å². The Morgan fingerprint density at radius 2 is 2.04 bits per heavy atom. The number of hydrogen-bond acceptors (Lipinski definition) is 5. The fraction of sp³-hybridized carbons (Fsp3) is 0.375. The smallest absolute Gasteiger partial charge is 0.294 e. The van der Waals surface area contributed by atoms with Gasteiger partial charge in [-0.1, -0.05) is 6.07 Å². The van der Waals surface area contributed by atoms with Gasteiger partial charge < -0.3 is 4.90 Å². The molecule has 6 nitrogen and oxygen atoms in total. The van der Waals surface area contributed by atoms with E-state index in [1.165, 1.54) is 0 Å². The second-order valence-electron chi connectivity index (χ2n) is 5.56. The van der Waals surface area contributed by atoms with Crippen LogP contribution in [0, 0.1) is 6.92 Å². The molecule has 23 heavy (non-hydrogen) atoms. The van der Waals surface area contributed by atoms with Crippen LogP contribution in [-0.2, 0) is 9.59 Å². The van der Waals surface area contributed by atoms with E-state index in [0.29, 0.717) is 23.7 Å². The molecule has 0 atom stereocenters. The summed E-state index contributed by atoms with van der Waals surface area (Å²) < 4.78 is 0. The van der Waals surface area contributed by atoms with Gasteiger partial charge in [0.1, 0.15) is 6.54 Å². The van der Waals surface area contributed by atoms with Gasteiger partial charge in [-0.05, 0) is 49.7 Å². The Labute approximate surface area is 138 Å². The quantitative estimate of drug-likeness (QED) is 0.793. The normalized spacial score (nSPS) is 20.0. The number of carbonyl (C=O) groups excluding carboxylic acids is 3. The fourth-order valence-corrected chi connectivity index (χ4v) is 3.44. The molecule has 0 N–H and O–H groups in total. The number of thioether (sulfide) groups is 1. The number of imide groups is 1. The van der Waals surface area contributed by atoms with Crippen molar-refractivity contribution in [3.63, 3.8) is 0 Å². The first-order chi connectivity index (χ1) is 11.0. The van der Waals surface area contributed by atoms with E-state index >= 15 is 0 Å². The number of carbonyl (C=O) groups is 3. The van der Waals surface area contributed by atoms with E-state index in [1.54, 1.807) is 17.0 Å². The van der Waals surface area contributed by atoms with Crippen LogP contribution < -0.4 is 0 Å². The van der Waals surface area contributed by atoms with Gasteiger partial charge in [-0.15, -0.1) is 0 Å². The summed E-state index contributed by atoms with van der Waals surface area (Å²) in [5.74, 6) is -0.587. The van der Waals surface area contributed by atoms with Crippen LogP contribution in [0.15, 0.2) is 23.1 Å². The molecular weight excluding hydrogens is 314 g/mol. The predicted molar refractivity (Wildman–Crippen MR) is 87.5 cm³/mol. The van der Waals surface area contributed by atoms with Gasteiger partial charge >= 0.3 is 0 Å². The third-order valence-electron chi connectivity index (χ3n) is 3.81. The van der Waals surface area contributed by atoms with E-state index in [0.717, 1.165) is 35.2 Å². The SMILES string of the molecule is Cc1cccc(/C=C2/SC(=O)N(CC(=O)N3CCCC3)C2=O)n1. The molecule has 0 spiro atoms. The lowest BCUT2D eigenvalue weighted by Gasteiger charge is -2.18. The van der Waals surface area contributed by atoms with E-state index < -0.39 is 11.1 Å². The first kappa shape index (κ1) is 15.7. The van der Waals surface area contributed by atoms with E-state index in [2.05, 4.69) is 4.98 Å². The summed E-state index contributed by atoms with van der Waals surface area (Å²) in [5.41, 5.74) is 1.46. The molecule has 2 aliphatic heterocycles. The number of aryl methyl sites for hydroxylation is 1. The molecule has 2 aliphatic rings. The Kier molecular flexibility index (Phi) is 4.47. The number of aromatic nitrogens is 1. The van der Waals surface area contributed by atoms with Gasteiger partial charge in [0, 0.05) is 18.8 Å². The highest BCUT2D eigenvalue weighted by atomic mass is 32.2. The highest BCUT2D eigenvalue weighted by molar-refractivity contribution is 8.18. The molecule has 3 rings (SSSR count). The predicted octanol–water partition coefficient (Wildman–Crippen LogP) is 2.05. The van der Waals surface area contributed by atoms with Crippen LogP contribution in [0.3, 0.4) is 0 Å². The lowest BCUT2D eigenvalue weighted by atomic mass is 10.3. The third-order valence-corrected chi connectivity index (χ3v) is 4.72. The van der Waals surface area contributed by atoms with Crippen LogP contribution in [0.5, 0.6) is 0 Å². The molecule has 2 fully saturated rings. The van der Waals surface area contributed by atoms with Gasteiger partial charge in [-0.25, -0.2) is 0 Å². The van der Waals surface area contributed by atoms with Crippen LogP contribution >= 0.6 is 11.8 Å². The minimum atomic E-state index is -0.421. The molecule has 0 bridgehead atoms. The highest BCUT2D eigenvalue weighted by Gasteiger charge is 2.37. The largest absolute Gasteiger partial charge is 0.341 e. The molecule has 0 saturated carbocycles. The van der Waals surface area contributed by atoms with Crippen molar-refractivity contribution in [3.05, 3.63) is 34.5 Å². The minimum absolute atomic E-state index is 0.167. The Morgan fingerprint density at radius 3 is 2.74 bits per heavy atom. The molecule has 1 aromatic heterocycles. The molecule has 0 aromatic carbocycles. The van der Waals surface area contributed by atoms with E-state index in [-0.39, 0.29) is 12.5 Å². The van der Waals surface area contributed by atoms with Gasteiger partial charge in [0.2, 0.25) is 5.91 Å². The number of likely N-dealkylation sites (tertiary alicyclic amines) is 1. The molecule has 0 unspecified atom stereocenters. The molecule has 0 aliphatic carbocycles. The molecule has 3 amide bonds. The first-order valence-corrected chi connectivity index (χ1v) is 8.33. The van der Waals surface area contributed by atoms with Crippen LogP contribution in [0.4, 0.5) is 4.79 Å². The lowest BCUT2D eigenvalue weighted by Crippen LogP contribution is -2.40. The van der Waals surface area contributed by atoms with Crippen molar-refractivity contribution in [3.8, 4) is 0 Å². The zero-order chi connectivity index (χ0) is 16.4. The monoisotopic (exact) mass is 331 g/mol. The summed E-state index contributed by atoms with van der Waals surface area (Å²) in [6.45, 7) is 3.09. The van der Waals surface area contributed by atoms with Crippen molar-refractivity contribution in [2.75, 3.05) is 19.6 Å². The van der Waals surface area contributed by atoms with E-state index in [4.69, 9.17) is 0 Å². The summed E-state index contributed by atoms with van der Waals surface area (Å²) in [6.07, 6.45) is 3.55. The van der Waals surface area contributed by atoms with Crippen LogP contribution in [0.25, 0.3) is 6.08 Å². The summed E-state index contributed by atoms with van der Waals surface area (Å²) in [5, 5.41) is -0.401. The van der Waals surface area contributed by atoms with Crippen molar-refractivity contribution in [2.24, 2.45) is 0 Å². The number of amides is 3. The number of rotatable bonds is 3. The van der Waals surface area contributed by atoms with Crippen LogP contribution in [0.1, 0.15) is 24.2 Å². The Balaban J connectivity index is 1.73. The molecular formula is C16H17N3O3S. The van der Waals surface area contributed by atoms with Crippen molar-refractivity contribution in [2.45, 2.75) is 19.8 Å². The molecule has 7 heteroatoms. The van der Waals surface area contributed by atoms with Gasteiger partial charge in [-0.3, -0.25) is 24.3 Å². The summed E-state index contributed by atoms with van der Waals surface area (Å²) in [4.78, 5) is 43.9. The molecule has 1 aromatic rings. The van der Waals surface area contributed by atoms with Gasteiger partial charge in [-0.2, -0.15) is 0 Å². The van der Waals surface area contributed by atoms with Crippen molar-refractivity contribution in [1.82, 2.24) is 14.8 Å². The average Bonchev–Trinajstić information content (AvgIpc) is 3.12. The minimum Gasteiger partial charge on any atom is -0.341 e. The van der Waals surface area contributed by atoms with Crippen LogP contribution in [0.2, 0.25) is 0 Å². The molecule has 0 radical (unpaired) electrons. The second-order valence-corrected chi connectivity index (χ2v) is 6.55. The molecule has 2 saturated heterocycles. The van der Waals surface area contributed by atoms with Gasteiger partial charge in [0.15, 0.2) is 0 Å². The molecule has 3 heterocycles. The summed E-state index contributed by atoms with van der Waals surface area (Å²) in [6, 6.07) is 5.48. The van der Waals surface area contributed by atoms with E-state index in [1.807, 2.05) is 19.1 Å². The zero-order valence-corrected chi connectivity index (χ0v) is 13.6. The van der Waals surface area contributed by atoms with Crippen LogP contribution in [-0.4, -0.2) is 51.5 Å². The third kappa shape index (κ3) is 3.44. The second kappa shape index (κ2) is 6.54. The molecule has 120 valence electrons. The number of hydrogen-bond donors (Lipinski definition) is 0. The topological polar surface area (TPSA) is 70.6 Å². The summed E-state index contributed by atoms with van der Waals surface area (Å²) >= 11 is 0.855. The lowest BCUT2D eigenvalue weighted by molar-refractivity contribution is -0.135. The fourth-order valence-electron chi connectivity index (χ4n) is 2.62. The van der Waals surface area contributed by atoms with Gasteiger partial charge in [0.05, 0.1) is 10.6 Å². The van der Waals surface area contributed by atoms with Crippen molar-refractivity contribution >= 4 is 34.9 Å². The number of pyridine rings is 1. The maximum absolute atomic E-state index is 12.4. The maximum atomic E-state index is 12.4. The summed E-state index contributed by atoms with van der Waals surface area (Å²) in [7, 11) is 0. The van der Waals surface area contributed by atoms with Crippen molar-refractivity contribution in [1.29, 1.82) is 0 Å². The number of nitrogens with zero attached hydrogens (tertiary/aromatic N) is 3. The zero-order valence-electron chi connectivity index (χ0n) is 12.8. The average molecular weight is 331 g/mol. The van der Waals surface area contributed by atoms with Crippen molar-refractivity contribution < 1.29 is 14.4 Å². The van der Waals surface area contributed by atoms with Gasteiger partial charge in [0.25, 0.3) is 11.1 Å². The Bertz CT molecular complexity index is 696. The highest BCUT2D eigenvalue weighted by Crippen LogP contribution is 2.32. The first-order valence-electron chi connectivity index (χ1n) is 7.51. The Hall–Kier alpha value is -2.15. The standard InChI is InChI=1S/C16H17N3O3S/c1-11-5-4-6-12(17-11)9-13-15(21)19(16(22)23-13)10-14(20)18-7-2-3-8-18/h4-6,9H,2-3,7-8,10H2,1H3/b13-9+. The maximum Gasteiger partial charge on any atom is 0.294 e. The Morgan fingerprint density at radius 1 is 1.30 bits per heavy atom.